The van der Waals surface area contributed by atoms with Crippen LogP contribution in [0.25, 0.3) is 0 Å². The minimum atomic E-state index is -1.06. The summed E-state index contributed by atoms with van der Waals surface area (Å²) in [5, 5.41) is 12.5. The van der Waals surface area contributed by atoms with E-state index in [2.05, 4.69) is 5.32 Å². The molecule has 4 bridgehead atoms. The van der Waals surface area contributed by atoms with E-state index in [4.69, 9.17) is 9.47 Å². The smallest absolute Gasteiger partial charge is 0.326 e. The number of carboxylic acid groups (broad SMARTS) is 1. The van der Waals surface area contributed by atoms with Gasteiger partial charge in [0.15, 0.2) is 0 Å². The Morgan fingerprint density at radius 1 is 1.20 bits per heavy atom. The van der Waals surface area contributed by atoms with Crippen molar-refractivity contribution in [2.45, 2.75) is 58.2 Å². The summed E-state index contributed by atoms with van der Waals surface area (Å²) in [5.41, 5.74) is -0.229. The molecule has 3 atom stereocenters. The molecular weight excluding hydrogens is 388 g/mol. The Labute approximate surface area is 176 Å². The number of hydrogen-bond donors (Lipinski definition) is 2. The van der Waals surface area contributed by atoms with Gasteiger partial charge in [0.2, 0.25) is 5.91 Å². The number of carboxylic acids is 1. The first-order valence-corrected chi connectivity index (χ1v) is 10.4. The molecule has 1 fully saturated rings. The van der Waals surface area contributed by atoms with Crippen LogP contribution in [-0.2, 0) is 14.3 Å². The zero-order valence-corrected chi connectivity index (χ0v) is 17.7. The lowest BCUT2D eigenvalue weighted by molar-refractivity contribution is -0.150. The van der Waals surface area contributed by atoms with E-state index in [0.29, 0.717) is 24.5 Å². The molecule has 2 amide bonds. The maximum absolute atomic E-state index is 13.4. The lowest BCUT2D eigenvalue weighted by Gasteiger charge is -2.34. The maximum atomic E-state index is 13.4. The fourth-order valence-corrected chi connectivity index (χ4v) is 3.80. The highest BCUT2D eigenvalue weighted by Gasteiger charge is 2.45. The molecular formula is C22H30N2O6. The van der Waals surface area contributed by atoms with Crippen LogP contribution >= 0.6 is 0 Å². The first-order valence-electron chi connectivity index (χ1n) is 10.4. The third-order valence-electron chi connectivity index (χ3n) is 5.48. The van der Waals surface area contributed by atoms with Gasteiger partial charge in [-0.05, 0) is 36.5 Å². The molecule has 0 spiro atoms. The summed E-state index contributed by atoms with van der Waals surface area (Å²) in [6, 6.07) is 4.97. The minimum absolute atomic E-state index is 0.199. The van der Waals surface area contributed by atoms with Gasteiger partial charge in [0.1, 0.15) is 17.8 Å². The van der Waals surface area contributed by atoms with Crippen molar-refractivity contribution in [3.8, 4) is 5.75 Å². The van der Waals surface area contributed by atoms with Crippen LogP contribution in [0.3, 0.4) is 0 Å². The Balaban J connectivity index is 1.93. The van der Waals surface area contributed by atoms with Crippen LogP contribution in [0.15, 0.2) is 24.3 Å². The second-order valence-corrected chi connectivity index (χ2v) is 8.93. The molecule has 8 nitrogen and oxygen atoms in total. The molecule has 0 saturated carbocycles. The van der Waals surface area contributed by atoms with Crippen molar-refractivity contribution in [2.75, 3.05) is 19.8 Å². The van der Waals surface area contributed by atoms with E-state index in [1.807, 2.05) is 20.8 Å². The van der Waals surface area contributed by atoms with Gasteiger partial charge in [0, 0.05) is 25.1 Å². The van der Waals surface area contributed by atoms with Gasteiger partial charge >= 0.3 is 5.97 Å². The number of carbonyl (C=O) groups excluding carboxylic acids is 2. The minimum Gasteiger partial charge on any atom is -0.494 e. The van der Waals surface area contributed by atoms with Crippen LogP contribution < -0.4 is 10.1 Å². The maximum Gasteiger partial charge on any atom is 0.326 e. The van der Waals surface area contributed by atoms with Gasteiger partial charge in [-0.25, -0.2) is 4.79 Å². The number of benzene rings is 1. The summed E-state index contributed by atoms with van der Waals surface area (Å²) in [4.78, 5) is 39.5. The van der Waals surface area contributed by atoms with Crippen molar-refractivity contribution < 1.29 is 29.0 Å². The van der Waals surface area contributed by atoms with Crippen molar-refractivity contribution >= 4 is 17.8 Å². The predicted molar refractivity (Wildman–Crippen MR) is 109 cm³/mol. The molecule has 2 aliphatic rings. The Bertz CT molecular complexity index is 803. The van der Waals surface area contributed by atoms with Crippen LogP contribution in [0.4, 0.5) is 0 Å². The van der Waals surface area contributed by atoms with E-state index in [0.717, 1.165) is 12.8 Å². The third-order valence-corrected chi connectivity index (χ3v) is 5.48. The monoisotopic (exact) mass is 418 g/mol. The van der Waals surface area contributed by atoms with E-state index in [1.54, 1.807) is 24.3 Å². The van der Waals surface area contributed by atoms with Crippen molar-refractivity contribution in [1.82, 2.24) is 10.2 Å². The zero-order valence-electron chi connectivity index (χ0n) is 17.7. The summed E-state index contributed by atoms with van der Waals surface area (Å²) in [5.74, 6) is -1.29. The standard InChI is InChI=1S/C22H30N2O6/c1-22(2,3)18-20(26)24-13-16(12-17(24)21(27)28)30-10-5-4-9-29-15-8-6-7-14(11-15)19(25)23-18/h6-8,11,16-18H,4-5,9-10,12-13H2,1-3H3,(H,23,25)(H,27,28)/t16-,17+,18-/m1/s1. The molecule has 1 saturated heterocycles. The van der Waals surface area contributed by atoms with Crippen molar-refractivity contribution in [3.63, 3.8) is 0 Å². The number of aliphatic carboxylic acids is 1. The average molecular weight is 418 g/mol. The molecule has 1 aromatic rings. The van der Waals surface area contributed by atoms with Gasteiger partial charge in [0.05, 0.1) is 12.7 Å². The molecule has 0 radical (unpaired) electrons. The normalized spacial score (nSPS) is 26.1. The van der Waals surface area contributed by atoms with E-state index in [-0.39, 0.29) is 19.1 Å². The quantitative estimate of drug-likeness (QED) is 0.723. The molecule has 0 unspecified atom stereocenters. The van der Waals surface area contributed by atoms with Crippen LogP contribution in [0.2, 0.25) is 0 Å². The number of hydrogen-bond acceptors (Lipinski definition) is 5. The topological polar surface area (TPSA) is 105 Å². The summed E-state index contributed by atoms with van der Waals surface area (Å²) in [6.07, 6.45) is 1.42. The molecule has 8 heteroatoms. The Hall–Kier alpha value is -2.61. The van der Waals surface area contributed by atoms with Crippen molar-refractivity contribution in [2.24, 2.45) is 5.41 Å². The second-order valence-electron chi connectivity index (χ2n) is 8.93. The fraction of sp³-hybridized carbons (Fsp3) is 0.591. The number of nitrogens with one attached hydrogen (secondary N) is 1. The van der Waals surface area contributed by atoms with Gasteiger partial charge in [-0.3, -0.25) is 9.59 Å². The Morgan fingerprint density at radius 2 is 1.93 bits per heavy atom. The largest absolute Gasteiger partial charge is 0.494 e. The van der Waals surface area contributed by atoms with E-state index in [1.165, 1.54) is 4.90 Å². The highest BCUT2D eigenvalue weighted by Crippen LogP contribution is 2.28. The number of ether oxygens (including phenoxy) is 2. The summed E-state index contributed by atoms with van der Waals surface area (Å²) in [7, 11) is 0. The summed E-state index contributed by atoms with van der Waals surface area (Å²) < 4.78 is 11.6. The summed E-state index contributed by atoms with van der Waals surface area (Å²) >= 11 is 0. The first kappa shape index (κ1) is 22.1. The van der Waals surface area contributed by atoms with Gasteiger partial charge in [-0.1, -0.05) is 26.8 Å². The lowest BCUT2D eigenvalue weighted by atomic mass is 9.85. The van der Waals surface area contributed by atoms with Crippen LogP contribution in [-0.4, -0.2) is 65.7 Å². The molecule has 30 heavy (non-hydrogen) atoms. The lowest BCUT2D eigenvalue weighted by Crippen LogP contribution is -2.56. The highest BCUT2D eigenvalue weighted by atomic mass is 16.5. The van der Waals surface area contributed by atoms with Gasteiger partial charge < -0.3 is 24.8 Å². The number of carbonyl (C=O) groups is 3. The Kier molecular flexibility index (Phi) is 6.65. The van der Waals surface area contributed by atoms with Crippen molar-refractivity contribution in [1.29, 1.82) is 0 Å². The van der Waals surface area contributed by atoms with Gasteiger partial charge in [0.25, 0.3) is 5.91 Å². The number of amides is 2. The predicted octanol–water partition coefficient (Wildman–Crippen LogP) is 2.07. The van der Waals surface area contributed by atoms with Gasteiger partial charge in [-0.2, -0.15) is 0 Å². The molecule has 0 aliphatic carbocycles. The Morgan fingerprint density at radius 3 is 2.63 bits per heavy atom. The summed E-state index contributed by atoms with van der Waals surface area (Å²) in [6.45, 7) is 6.69. The number of rotatable bonds is 1. The van der Waals surface area contributed by atoms with E-state index < -0.39 is 35.3 Å². The third kappa shape index (κ3) is 5.11. The molecule has 2 heterocycles. The zero-order chi connectivity index (χ0) is 21.9. The average Bonchev–Trinajstić information content (AvgIpc) is 3.11. The van der Waals surface area contributed by atoms with E-state index in [9.17, 15) is 19.5 Å². The first-order chi connectivity index (χ1) is 14.2. The van der Waals surface area contributed by atoms with Crippen molar-refractivity contribution in [3.05, 3.63) is 29.8 Å². The second kappa shape index (κ2) is 9.04. The molecule has 2 N–H and O–H groups in total. The van der Waals surface area contributed by atoms with Crippen LogP contribution in [0, 0.1) is 5.41 Å². The highest BCUT2D eigenvalue weighted by molar-refractivity contribution is 5.98. The van der Waals surface area contributed by atoms with E-state index >= 15 is 0 Å². The molecule has 164 valence electrons. The molecule has 1 aromatic carbocycles. The molecule has 3 rings (SSSR count). The number of fused-ring (bicyclic) bond motifs is 4. The van der Waals surface area contributed by atoms with Crippen LogP contribution in [0.5, 0.6) is 5.75 Å². The fourth-order valence-electron chi connectivity index (χ4n) is 3.80. The van der Waals surface area contributed by atoms with Gasteiger partial charge in [-0.15, -0.1) is 0 Å². The molecule has 2 aliphatic heterocycles. The SMILES string of the molecule is CC(C)(C)[C@@H]1NC(=O)c2cccc(c2)OCCCCO[C@@H]2C[C@@H](C(=O)O)N(C2)C1=O. The number of nitrogens with zero attached hydrogens (tertiary/aromatic N) is 1. The van der Waals surface area contributed by atoms with Crippen LogP contribution in [0.1, 0.15) is 50.4 Å². The molecule has 0 aromatic heterocycles.